The highest BCUT2D eigenvalue weighted by molar-refractivity contribution is 5.90. The van der Waals surface area contributed by atoms with Crippen molar-refractivity contribution in [3.8, 4) is 0 Å². The van der Waals surface area contributed by atoms with E-state index in [2.05, 4.69) is 6.92 Å². The van der Waals surface area contributed by atoms with Gasteiger partial charge in [0.1, 0.15) is 12.7 Å². The summed E-state index contributed by atoms with van der Waals surface area (Å²) >= 11 is 0. The number of rotatable bonds is 9. The minimum Gasteiger partial charge on any atom is -0.459 e. The predicted octanol–water partition coefficient (Wildman–Crippen LogP) is 5.51. The summed E-state index contributed by atoms with van der Waals surface area (Å²) in [4.78, 5) is 24.5. The van der Waals surface area contributed by atoms with Crippen LogP contribution in [0.1, 0.15) is 73.4 Å². The molecule has 0 aliphatic heterocycles. The molecule has 0 bridgehead atoms. The van der Waals surface area contributed by atoms with Crippen LogP contribution < -0.4 is 11.5 Å². The fraction of sp³-hybridized carbons (Fsp3) is 0.407. The van der Waals surface area contributed by atoms with Gasteiger partial charge in [-0.2, -0.15) is 0 Å². The summed E-state index contributed by atoms with van der Waals surface area (Å²) in [5.41, 5.74) is 14.6. The van der Waals surface area contributed by atoms with E-state index in [-0.39, 0.29) is 18.7 Å². The molecule has 0 radical (unpaired) electrons. The maximum Gasteiger partial charge on any atom is 0.338 e. The first-order valence-corrected chi connectivity index (χ1v) is 11.7. The number of nitrogen functional groups attached to an aromatic ring is 2. The molecule has 1 aliphatic carbocycles. The van der Waals surface area contributed by atoms with Gasteiger partial charge in [0.05, 0.1) is 5.56 Å². The fourth-order valence-corrected chi connectivity index (χ4v) is 4.09. The van der Waals surface area contributed by atoms with Gasteiger partial charge >= 0.3 is 11.9 Å². The number of ether oxygens (including phenoxy) is 2. The lowest BCUT2D eigenvalue weighted by Crippen LogP contribution is -2.24. The quantitative estimate of drug-likeness (QED) is 0.296. The second-order valence-electron chi connectivity index (χ2n) is 8.71. The summed E-state index contributed by atoms with van der Waals surface area (Å²) in [7, 11) is 0. The van der Waals surface area contributed by atoms with Gasteiger partial charge in [-0.25, -0.2) is 9.59 Å². The highest BCUT2D eigenvalue weighted by Crippen LogP contribution is 2.30. The van der Waals surface area contributed by atoms with Gasteiger partial charge in [0.15, 0.2) is 0 Å². The summed E-state index contributed by atoms with van der Waals surface area (Å²) in [6.45, 7) is 2.27. The highest BCUT2D eigenvalue weighted by atomic mass is 16.5. The number of hydrogen-bond acceptors (Lipinski definition) is 6. The first-order valence-electron chi connectivity index (χ1n) is 11.7. The molecular formula is C27H34N2O4. The number of anilines is 2. The maximum atomic E-state index is 12.5. The third kappa shape index (κ3) is 7.67. The Morgan fingerprint density at radius 3 is 2.45 bits per heavy atom. The van der Waals surface area contributed by atoms with Crippen LogP contribution in [-0.2, 0) is 20.9 Å². The number of benzene rings is 2. The van der Waals surface area contributed by atoms with Crippen LogP contribution in [0.3, 0.4) is 0 Å². The van der Waals surface area contributed by atoms with E-state index in [9.17, 15) is 9.59 Å². The molecule has 0 atom stereocenters. The van der Waals surface area contributed by atoms with Crippen LogP contribution in [0.25, 0.3) is 6.08 Å². The topological polar surface area (TPSA) is 105 Å². The van der Waals surface area contributed by atoms with Crippen molar-refractivity contribution >= 4 is 29.4 Å². The molecule has 0 amide bonds. The molecule has 1 fully saturated rings. The van der Waals surface area contributed by atoms with Gasteiger partial charge in [0.2, 0.25) is 0 Å². The van der Waals surface area contributed by atoms with Crippen LogP contribution in [0.4, 0.5) is 11.4 Å². The minimum atomic E-state index is -0.491. The summed E-state index contributed by atoms with van der Waals surface area (Å²) in [5, 5.41) is 0. The molecule has 6 heteroatoms. The van der Waals surface area contributed by atoms with Crippen molar-refractivity contribution in [2.75, 3.05) is 11.5 Å². The smallest absolute Gasteiger partial charge is 0.338 e. The van der Waals surface area contributed by atoms with E-state index in [0.29, 0.717) is 22.5 Å². The molecule has 0 aromatic heterocycles. The van der Waals surface area contributed by atoms with Crippen molar-refractivity contribution in [2.45, 2.75) is 64.6 Å². The number of esters is 2. The lowest BCUT2D eigenvalue weighted by atomic mass is 9.84. The van der Waals surface area contributed by atoms with Crippen molar-refractivity contribution in [3.63, 3.8) is 0 Å². The van der Waals surface area contributed by atoms with E-state index in [1.807, 2.05) is 0 Å². The van der Waals surface area contributed by atoms with Crippen molar-refractivity contribution in [1.29, 1.82) is 0 Å². The Kier molecular flexibility index (Phi) is 8.93. The van der Waals surface area contributed by atoms with Gasteiger partial charge in [-0.15, -0.1) is 0 Å². The molecule has 0 spiro atoms. The molecule has 0 heterocycles. The first-order chi connectivity index (χ1) is 15.9. The highest BCUT2D eigenvalue weighted by Gasteiger charge is 2.24. The Labute approximate surface area is 195 Å². The molecule has 33 heavy (non-hydrogen) atoms. The Morgan fingerprint density at radius 2 is 1.76 bits per heavy atom. The minimum absolute atomic E-state index is 0.0127. The second-order valence-corrected chi connectivity index (χ2v) is 8.71. The number of hydrogen-bond donors (Lipinski definition) is 2. The summed E-state index contributed by atoms with van der Waals surface area (Å²) in [6.07, 6.45) is 11.0. The van der Waals surface area contributed by atoms with E-state index in [4.69, 9.17) is 20.9 Å². The fourth-order valence-electron chi connectivity index (χ4n) is 4.09. The van der Waals surface area contributed by atoms with Gasteiger partial charge in [0, 0.05) is 23.0 Å². The number of unbranched alkanes of at least 4 members (excludes halogenated alkanes) is 1. The van der Waals surface area contributed by atoms with Gasteiger partial charge in [-0.3, -0.25) is 0 Å². The molecule has 176 valence electrons. The third-order valence-electron chi connectivity index (χ3n) is 6.13. The average Bonchev–Trinajstić information content (AvgIpc) is 2.83. The Morgan fingerprint density at radius 1 is 1.03 bits per heavy atom. The maximum absolute atomic E-state index is 12.5. The third-order valence-corrected chi connectivity index (χ3v) is 6.13. The molecule has 6 nitrogen and oxygen atoms in total. The standard InChI is InChI=1S/C27H34N2O4/c1-2-3-4-19-7-13-24(14-8-19)33-27(31)21-10-5-20(6-11-21)9-16-26(30)32-18-22-17-23(28)12-15-25(22)29/h5-6,9-12,15-17,19,24H,2-4,7-8,13-14,18,28-29H2,1H3. The summed E-state index contributed by atoms with van der Waals surface area (Å²) < 4.78 is 10.9. The molecule has 0 unspecified atom stereocenters. The van der Waals surface area contributed by atoms with Crippen LogP contribution in [0, 0.1) is 5.92 Å². The van der Waals surface area contributed by atoms with E-state index >= 15 is 0 Å². The Hall–Kier alpha value is -3.28. The summed E-state index contributed by atoms with van der Waals surface area (Å²) in [6, 6.07) is 12.0. The molecule has 3 rings (SSSR count). The van der Waals surface area contributed by atoms with E-state index in [0.717, 1.165) is 37.2 Å². The van der Waals surface area contributed by atoms with Crippen molar-refractivity contribution < 1.29 is 19.1 Å². The Bertz CT molecular complexity index is 961. The molecule has 0 saturated heterocycles. The molecule has 1 saturated carbocycles. The normalized spacial score (nSPS) is 18.2. The molecule has 1 aliphatic rings. The van der Waals surface area contributed by atoms with E-state index in [1.165, 1.54) is 25.3 Å². The molecule has 2 aromatic rings. The van der Waals surface area contributed by atoms with Gasteiger partial charge in [-0.05, 0) is 73.6 Å². The van der Waals surface area contributed by atoms with Gasteiger partial charge < -0.3 is 20.9 Å². The van der Waals surface area contributed by atoms with Crippen LogP contribution in [0.2, 0.25) is 0 Å². The van der Waals surface area contributed by atoms with Crippen LogP contribution in [-0.4, -0.2) is 18.0 Å². The van der Waals surface area contributed by atoms with Crippen LogP contribution in [0.15, 0.2) is 48.5 Å². The van der Waals surface area contributed by atoms with Crippen LogP contribution in [0.5, 0.6) is 0 Å². The number of carbonyl (C=O) groups excluding carboxylic acids is 2. The molecule has 2 aromatic carbocycles. The van der Waals surface area contributed by atoms with Crippen molar-refractivity contribution in [2.24, 2.45) is 5.92 Å². The molecular weight excluding hydrogens is 416 g/mol. The monoisotopic (exact) mass is 450 g/mol. The van der Waals surface area contributed by atoms with E-state index in [1.54, 1.807) is 48.5 Å². The average molecular weight is 451 g/mol. The van der Waals surface area contributed by atoms with Crippen molar-refractivity contribution in [3.05, 3.63) is 65.2 Å². The van der Waals surface area contributed by atoms with Gasteiger partial charge in [-0.1, -0.05) is 38.3 Å². The van der Waals surface area contributed by atoms with Crippen LogP contribution >= 0.6 is 0 Å². The van der Waals surface area contributed by atoms with E-state index < -0.39 is 5.97 Å². The predicted molar refractivity (Wildman–Crippen MR) is 131 cm³/mol. The zero-order valence-corrected chi connectivity index (χ0v) is 19.3. The largest absolute Gasteiger partial charge is 0.459 e. The number of nitrogens with two attached hydrogens (primary N) is 2. The summed E-state index contributed by atoms with van der Waals surface area (Å²) in [5.74, 6) is -0.00244. The number of carbonyl (C=O) groups is 2. The van der Waals surface area contributed by atoms with Crippen molar-refractivity contribution in [1.82, 2.24) is 0 Å². The SMILES string of the molecule is CCCCC1CCC(OC(=O)c2ccc(C=CC(=O)OCc3cc(N)ccc3N)cc2)CC1. The zero-order valence-electron chi connectivity index (χ0n) is 19.3. The lowest BCUT2D eigenvalue weighted by Gasteiger charge is -2.28. The van der Waals surface area contributed by atoms with Gasteiger partial charge in [0.25, 0.3) is 0 Å². The first kappa shape index (κ1) is 24.4. The Balaban J connectivity index is 1.44. The zero-order chi connectivity index (χ0) is 23.6. The second kappa shape index (κ2) is 12.1. The molecule has 4 N–H and O–H groups in total. The lowest BCUT2D eigenvalue weighted by molar-refractivity contribution is -0.138.